The lowest BCUT2D eigenvalue weighted by atomic mass is 10.2. The van der Waals surface area contributed by atoms with E-state index >= 15 is 0 Å². The normalized spacial score (nSPS) is 11.4. The van der Waals surface area contributed by atoms with Crippen LogP contribution < -0.4 is 10.1 Å². The molecule has 17 heavy (non-hydrogen) atoms. The van der Waals surface area contributed by atoms with Gasteiger partial charge in [0, 0.05) is 24.7 Å². The first-order valence-corrected chi connectivity index (χ1v) is 5.06. The summed E-state index contributed by atoms with van der Waals surface area (Å²) in [5.74, 6) is -0.445. The SMILES string of the molecule is COc1ccc(NCCCC(F)(F)F)cc1F. The van der Waals surface area contributed by atoms with Gasteiger partial charge in [0.1, 0.15) is 0 Å². The van der Waals surface area contributed by atoms with Gasteiger partial charge in [-0.3, -0.25) is 0 Å². The molecule has 0 heterocycles. The molecule has 0 saturated heterocycles. The topological polar surface area (TPSA) is 21.3 Å². The Balaban J connectivity index is 2.40. The van der Waals surface area contributed by atoms with Crippen LogP contribution in [0.1, 0.15) is 12.8 Å². The highest BCUT2D eigenvalue weighted by Gasteiger charge is 2.25. The zero-order valence-electron chi connectivity index (χ0n) is 9.27. The summed E-state index contributed by atoms with van der Waals surface area (Å²) < 4.78 is 53.4. The van der Waals surface area contributed by atoms with E-state index in [9.17, 15) is 17.6 Å². The molecule has 0 amide bonds. The fraction of sp³-hybridized carbons (Fsp3) is 0.455. The Morgan fingerprint density at radius 3 is 2.53 bits per heavy atom. The molecular formula is C11H13F4NO. The molecule has 96 valence electrons. The summed E-state index contributed by atoms with van der Waals surface area (Å²) in [4.78, 5) is 0. The average molecular weight is 251 g/mol. The standard InChI is InChI=1S/C11H13F4NO/c1-17-10-4-3-8(7-9(10)12)16-6-2-5-11(13,14)15/h3-4,7,16H,2,5-6H2,1H3. The van der Waals surface area contributed by atoms with E-state index in [1.807, 2.05) is 0 Å². The van der Waals surface area contributed by atoms with Crippen molar-refractivity contribution in [1.29, 1.82) is 0 Å². The van der Waals surface area contributed by atoms with Crippen molar-refractivity contribution in [3.63, 3.8) is 0 Å². The molecule has 0 bridgehead atoms. The molecule has 1 N–H and O–H groups in total. The largest absolute Gasteiger partial charge is 0.494 e. The van der Waals surface area contributed by atoms with Crippen LogP contribution in [-0.2, 0) is 0 Å². The number of ether oxygens (including phenoxy) is 1. The van der Waals surface area contributed by atoms with Crippen molar-refractivity contribution in [2.24, 2.45) is 0 Å². The minimum Gasteiger partial charge on any atom is -0.494 e. The van der Waals surface area contributed by atoms with Crippen LogP contribution in [0.5, 0.6) is 5.75 Å². The lowest BCUT2D eigenvalue weighted by Crippen LogP contribution is -2.11. The molecule has 2 nitrogen and oxygen atoms in total. The number of rotatable bonds is 5. The molecule has 0 aromatic heterocycles. The summed E-state index contributed by atoms with van der Waals surface area (Å²) >= 11 is 0. The Hall–Kier alpha value is -1.46. The van der Waals surface area contributed by atoms with Gasteiger partial charge in [0.05, 0.1) is 7.11 Å². The first kappa shape index (κ1) is 13.6. The number of halogens is 4. The minimum atomic E-state index is -4.15. The van der Waals surface area contributed by atoms with Crippen LogP contribution in [0.25, 0.3) is 0 Å². The highest BCUT2D eigenvalue weighted by molar-refractivity contribution is 5.47. The van der Waals surface area contributed by atoms with E-state index in [2.05, 4.69) is 5.32 Å². The molecule has 0 aliphatic carbocycles. The van der Waals surface area contributed by atoms with E-state index < -0.39 is 18.4 Å². The molecule has 0 unspecified atom stereocenters. The summed E-state index contributed by atoms with van der Waals surface area (Å²) in [6, 6.07) is 4.16. The summed E-state index contributed by atoms with van der Waals surface area (Å²) in [5, 5.41) is 2.71. The van der Waals surface area contributed by atoms with Crippen LogP contribution >= 0.6 is 0 Å². The summed E-state index contributed by atoms with van der Waals surface area (Å²) in [7, 11) is 1.34. The Bertz CT molecular complexity index is 365. The van der Waals surface area contributed by atoms with E-state index in [0.717, 1.165) is 0 Å². The second kappa shape index (κ2) is 5.75. The average Bonchev–Trinajstić information content (AvgIpc) is 2.23. The highest BCUT2D eigenvalue weighted by Crippen LogP contribution is 2.22. The molecule has 0 atom stereocenters. The molecular weight excluding hydrogens is 238 g/mol. The fourth-order valence-electron chi connectivity index (χ4n) is 1.30. The third kappa shape index (κ3) is 4.93. The molecule has 0 aliphatic heterocycles. The summed E-state index contributed by atoms with van der Waals surface area (Å²) in [5.41, 5.74) is 0.436. The van der Waals surface area contributed by atoms with Crippen LogP contribution in [0.15, 0.2) is 18.2 Å². The van der Waals surface area contributed by atoms with Gasteiger partial charge in [0.25, 0.3) is 0 Å². The minimum absolute atomic E-state index is 0.0445. The van der Waals surface area contributed by atoms with Crippen LogP contribution in [0.3, 0.4) is 0 Å². The smallest absolute Gasteiger partial charge is 0.389 e. The number of hydrogen-bond acceptors (Lipinski definition) is 2. The molecule has 1 aromatic rings. The predicted molar refractivity (Wildman–Crippen MR) is 56.7 cm³/mol. The van der Waals surface area contributed by atoms with Gasteiger partial charge in [-0.25, -0.2) is 4.39 Å². The maximum Gasteiger partial charge on any atom is 0.389 e. The van der Waals surface area contributed by atoms with Crippen molar-refractivity contribution < 1.29 is 22.3 Å². The van der Waals surface area contributed by atoms with Gasteiger partial charge in [-0.05, 0) is 18.6 Å². The first-order valence-electron chi connectivity index (χ1n) is 5.06. The van der Waals surface area contributed by atoms with Crippen LogP contribution in [0, 0.1) is 5.82 Å². The van der Waals surface area contributed by atoms with Crippen LogP contribution in [0.4, 0.5) is 23.2 Å². The number of alkyl halides is 3. The van der Waals surface area contributed by atoms with Crippen molar-refractivity contribution >= 4 is 5.69 Å². The van der Waals surface area contributed by atoms with Gasteiger partial charge in [-0.1, -0.05) is 0 Å². The van der Waals surface area contributed by atoms with Crippen LogP contribution in [0.2, 0.25) is 0 Å². The van der Waals surface area contributed by atoms with Crippen LogP contribution in [-0.4, -0.2) is 19.8 Å². The molecule has 6 heteroatoms. The van der Waals surface area contributed by atoms with Crippen molar-refractivity contribution in [3.05, 3.63) is 24.0 Å². The molecule has 1 rings (SSSR count). The van der Waals surface area contributed by atoms with Crippen molar-refractivity contribution in [2.75, 3.05) is 19.0 Å². The molecule has 0 spiro atoms. The predicted octanol–water partition coefficient (Wildman–Crippen LogP) is 3.59. The number of anilines is 1. The fourth-order valence-corrected chi connectivity index (χ4v) is 1.30. The Morgan fingerprint density at radius 2 is 2.00 bits per heavy atom. The van der Waals surface area contributed by atoms with E-state index in [4.69, 9.17) is 4.74 Å². The molecule has 0 fully saturated rings. The van der Waals surface area contributed by atoms with Gasteiger partial charge in [0.2, 0.25) is 0 Å². The lowest BCUT2D eigenvalue weighted by molar-refractivity contribution is -0.134. The second-order valence-corrected chi connectivity index (χ2v) is 3.49. The van der Waals surface area contributed by atoms with E-state index in [-0.39, 0.29) is 18.7 Å². The molecule has 1 aromatic carbocycles. The van der Waals surface area contributed by atoms with E-state index in [0.29, 0.717) is 5.69 Å². The van der Waals surface area contributed by atoms with Crippen molar-refractivity contribution in [3.8, 4) is 5.75 Å². The highest BCUT2D eigenvalue weighted by atomic mass is 19.4. The monoisotopic (exact) mass is 251 g/mol. The van der Waals surface area contributed by atoms with Gasteiger partial charge >= 0.3 is 6.18 Å². The molecule has 0 aliphatic rings. The van der Waals surface area contributed by atoms with E-state index in [1.165, 1.54) is 19.2 Å². The Labute approximate surface area is 96.6 Å². The van der Waals surface area contributed by atoms with Crippen molar-refractivity contribution in [1.82, 2.24) is 0 Å². The summed E-state index contributed by atoms with van der Waals surface area (Å²) in [6.45, 7) is 0.144. The molecule has 0 saturated carbocycles. The first-order chi connectivity index (χ1) is 7.92. The zero-order chi connectivity index (χ0) is 12.9. The second-order valence-electron chi connectivity index (χ2n) is 3.49. The van der Waals surface area contributed by atoms with Gasteiger partial charge in [0.15, 0.2) is 11.6 Å². The Kier molecular flexibility index (Phi) is 4.60. The van der Waals surface area contributed by atoms with E-state index in [1.54, 1.807) is 6.07 Å². The third-order valence-corrected chi connectivity index (χ3v) is 2.12. The maximum absolute atomic E-state index is 13.2. The van der Waals surface area contributed by atoms with Gasteiger partial charge < -0.3 is 10.1 Å². The summed E-state index contributed by atoms with van der Waals surface area (Å²) in [6.07, 6.45) is -5.04. The van der Waals surface area contributed by atoms with Crippen molar-refractivity contribution in [2.45, 2.75) is 19.0 Å². The number of nitrogens with one attached hydrogen (secondary N) is 1. The van der Waals surface area contributed by atoms with Gasteiger partial charge in [-0.15, -0.1) is 0 Å². The maximum atomic E-state index is 13.2. The molecule has 0 radical (unpaired) electrons. The number of hydrogen-bond donors (Lipinski definition) is 1. The quantitative estimate of drug-likeness (QED) is 0.637. The lowest BCUT2D eigenvalue weighted by Gasteiger charge is -2.09. The Morgan fingerprint density at radius 1 is 1.29 bits per heavy atom. The zero-order valence-corrected chi connectivity index (χ0v) is 9.27. The number of methoxy groups -OCH3 is 1. The third-order valence-electron chi connectivity index (χ3n) is 2.12. The van der Waals surface area contributed by atoms with Gasteiger partial charge in [-0.2, -0.15) is 13.2 Å². The number of benzene rings is 1.